The Morgan fingerprint density at radius 2 is 1.89 bits per heavy atom. The second-order valence-corrected chi connectivity index (χ2v) is 6.78. The van der Waals surface area contributed by atoms with Crippen LogP contribution in [0.2, 0.25) is 0 Å². The Labute approximate surface area is 115 Å². The maximum atomic E-state index is 11.9. The van der Waals surface area contributed by atoms with Crippen molar-refractivity contribution in [1.82, 2.24) is 10.2 Å². The molecule has 4 heteroatoms. The summed E-state index contributed by atoms with van der Waals surface area (Å²) in [5, 5.41) is 3.70. The molecular formula is C15H26N2O2. The van der Waals surface area contributed by atoms with Crippen molar-refractivity contribution >= 4 is 5.97 Å². The molecule has 2 aliphatic carbocycles. The summed E-state index contributed by atoms with van der Waals surface area (Å²) in [7, 11) is 1.51. The van der Waals surface area contributed by atoms with Gasteiger partial charge in [-0.3, -0.25) is 9.69 Å². The molecular weight excluding hydrogens is 240 g/mol. The van der Waals surface area contributed by atoms with Gasteiger partial charge >= 0.3 is 5.97 Å². The largest absolute Gasteiger partial charge is 0.469 e. The third kappa shape index (κ3) is 3.11. The van der Waals surface area contributed by atoms with E-state index in [4.69, 9.17) is 4.74 Å². The van der Waals surface area contributed by atoms with Gasteiger partial charge in [-0.1, -0.05) is 6.92 Å². The summed E-state index contributed by atoms with van der Waals surface area (Å²) >= 11 is 0. The predicted molar refractivity (Wildman–Crippen MR) is 73.8 cm³/mol. The molecule has 3 aliphatic rings. The summed E-state index contributed by atoms with van der Waals surface area (Å²) in [5.41, 5.74) is 0. The number of nitrogens with one attached hydrogen (secondary N) is 1. The molecule has 0 radical (unpaired) electrons. The van der Waals surface area contributed by atoms with Crippen molar-refractivity contribution in [3.63, 3.8) is 0 Å². The molecule has 1 N–H and O–H groups in total. The van der Waals surface area contributed by atoms with E-state index in [0.717, 1.165) is 25.4 Å². The summed E-state index contributed by atoms with van der Waals surface area (Å²) in [6, 6.07) is 1.88. The van der Waals surface area contributed by atoms with Crippen molar-refractivity contribution in [2.75, 3.05) is 20.2 Å². The van der Waals surface area contributed by atoms with E-state index in [0.29, 0.717) is 18.1 Å². The molecule has 4 nitrogen and oxygen atoms in total. The Kier molecular flexibility index (Phi) is 3.81. The summed E-state index contributed by atoms with van der Waals surface area (Å²) in [5.74, 6) is 0.893. The van der Waals surface area contributed by atoms with Crippen LogP contribution < -0.4 is 5.32 Å². The minimum atomic E-state index is -0.0281. The van der Waals surface area contributed by atoms with Crippen LogP contribution in [0, 0.1) is 11.8 Å². The fourth-order valence-electron chi connectivity index (χ4n) is 3.63. The molecule has 108 valence electrons. The zero-order valence-electron chi connectivity index (χ0n) is 12.1. The van der Waals surface area contributed by atoms with Gasteiger partial charge in [0.25, 0.3) is 0 Å². The Morgan fingerprint density at radius 3 is 2.47 bits per heavy atom. The number of carbonyl (C=O) groups excluding carboxylic acids is 1. The van der Waals surface area contributed by atoms with Crippen LogP contribution in [0.3, 0.4) is 0 Å². The lowest BCUT2D eigenvalue weighted by Crippen LogP contribution is -2.57. The highest BCUT2D eigenvalue weighted by molar-refractivity contribution is 5.72. The van der Waals surface area contributed by atoms with Gasteiger partial charge in [0.05, 0.1) is 13.0 Å². The molecule has 19 heavy (non-hydrogen) atoms. The monoisotopic (exact) mass is 266 g/mol. The van der Waals surface area contributed by atoms with Crippen molar-refractivity contribution in [2.45, 2.75) is 57.2 Å². The van der Waals surface area contributed by atoms with Gasteiger partial charge in [0.2, 0.25) is 0 Å². The molecule has 3 rings (SSSR count). The first kappa shape index (κ1) is 13.4. The third-order valence-electron chi connectivity index (χ3n) is 4.93. The van der Waals surface area contributed by atoms with E-state index in [9.17, 15) is 4.79 Å². The van der Waals surface area contributed by atoms with E-state index in [1.54, 1.807) is 0 Å². The molecule has 2 atom stereocenters. The number of nitrogens with zero attached hydrogens (tertiary/aromatic N) is 1. The number of ether oxygens (including phenoxy) is 1. The Bertz CT molecular complexity index is 337. The first-order valence-electron chi connectivity index (χ1n) is 7.73. The Morgan fingerprint density at radius 1 is 1.16 bits per heavy atom. The number of esters is 1. The molecule has 1 heterocycles. The SMILES string of the molecule is COC(=O)C1CC(NC2CC2)CN(C2CC(C)C2)C1. The van der Waals surface area contributed by atoms with Crippen LogP contribution >= 0.6 is 0 Å². The average Bonchev–Trinajstić information content (AvgIpc) is 3.17. The summed E-state index contributed by atoms with van der Waals surface area (Å²) < 4.78 is 4.97. The lowest BCUT2D eigenvalue weighted by atomic mass is 9.79. The van der Waals surface area contributed by atoms with Crippen LogP contribution in [0.4, 0.5) is 0 Å². The Hall–Kier alpha value is -0.610. The van der Waals surface area contributed by atoms with Gasteiger partial charge in [-0.05, 0) is 38.0 Å². The predicted octanol–water partition coefficient (Wildman–Crippen LogP) is 1.40. The molecule has 0 aromatic heterocycles. The van der Waals surface area contributed by atoms with Gasteiger partial charge in [-0.2, -0.15) is 0 Å². The van der Waals surface area contributed by atoms with E-state index >= 15 is 0 Å². The van der Waals surface area contributed by atoms with E-state index in [-0.39, 0.29) is 11.9 Å². The minimum absolute atomic E-state index is 0.0281. The molecule has 1 saturated heterocycles. The van der Waals surface area contributed by atoms with Gasteiger partial charge < -0.3 is 10.1 Å². The topological polar surface area (TPSA) is 41.6 Å². The highest BCUT2D eigenvalue weighted by atomic mass is 16.5. The van der Waals surface area contributed by atoms with E-state index in [1.807, 2.05) is 0 Å². The zero-order valence-corrected chi connectivity index (χ0v) is 12.1. The number of likely N-dealkylation sites (tertiary alicyclic amines) is 1. The van der Waals surface area contributed by atoms with Crippen LogP contribution in [-0.2, 0) is 9.53 Å². The zero-order chi connectivity index (χ0) is 13.4. The van der Waals surface area contributed by atoms with Crippen LogP contribution in [0.15, 0.2) is 0 Å². The van der Waals surface area contributed by atoms with Crippen molar-refractivity contribution in [3.8, 4) is 0 Å². The number of hydrogen-bond donors (Lipinski definition) is 1. The van der Waals surface area contributed by atoms with Gasteiger partial charge in [0.15, 0.2) is 0 Å². The fourth-order valence-corrected chi connectivity index (χ4v) is 3.63. The van der Waals surface area contributed by atoms with Crippen molar-refractivity contribution in [1.29, 1.82) is 0 Å². The normalized spacial score (nSPS) is 39.7. The fraction of sp³-hybridized carbons (Fsp3) is 0.933. The molecule has 0 amide bonds. The van der Waals surface area contributed by atoms with Crippen LogP contribution in [0.5, 0.6) is 0 Å². The van der Waals surface area contributed by atoms with E-state index in [2.05, 4.69) is 17.1 Å². The van der Waals surface area contributed by atoms with Gasteiger partial charge in [0, 0.05) is 31.2 Å². The first-order chi connectivity index (χ1) is 9.15. The number of hydrogen-bond acceptors (Lipinski definition) is 4. The molecule has 1 aliphatic heterocycles. The number of piperidine rings is 1. The number of methoxy groups -OCH3 is 1. The second kappa shape index (κ2) is 5.41. The number of rotatable bonds is 4. The highest BCUT2D eigenvalue weighted by Crippen LogP contribution is 2.34. The maximum absolute atomic E-state index is 11.9. The van der Waals surface area contributed by atoms with Crippen LogP contribution in [0.1, 0.15) is 39.0 Å². The maximum Gasteiger partial charge on any atom is 0.310 e. The first-order valence-corrected chi connectivity index (χ1v) is 7.73. The van der Waals surface area contributed by atoms with Gasteiger partial charge in [-0.25, -0.2) is 0 Å². The van der Waals surface area contributed by atoms with Crippen molar-refractivity contribution in [2.24, 2.45) is 11.8 Å². The quantitative estimate of drug-likeness (QED) is 0.781. The van der Waals surface area contributed by atoms with Crippen LogP contribution in [0.25, 0.3) is 0 Å². The lowest BCUT2D eigenvalue weighted by Gasteiger charge is -2.47. The minimum Gasteiger partial charge on any atom is -0.469 e. The molecule has 2 unspecified atom stereocenters. The van der Waals surface area contributed by atoms with Gasteiger partial charge in [-0.15, -0.1) is 0 Å². The number of carbonyl (C=O) groups is 1. The highest BCUT2D eigenvalue weighted by Gasteiger charge is 2.40. The lowest BCUT2D eigenvalue weighted by molar-refractivity contribution is -0.148. The summed E-state index contributed by atoms with van der Waals surface area (Å²) in [6.45, 7) is 4.33. The molecule has 0 bridgehead atoms. The van der Waals surface area contributed by atoms with E-state index < -0.39 is 0 Å². The molecule has 0 aromatic rings. The van der Waals surface area contributed by atoms with Crippen molar-refractivity contribution in [3.05, 3.63) is 0 Å². The van der Waals surface area contributed by atoms with E-state index in [1.165, 1.54) is 32.8 Å². The second-order valence-electron chi connectivity index (χ2n) is 6.78. The molecule has 2 saturated carbocycles. The summed E-state index contributed by atoms with van der Waals surface area (Å²) in [6.07, 6.45) is 6.15. The molecule has 3 fully saturated rings. The Balaban J connectivity index is 1.60. The smallest absolute Gasteiger partial charge is 0.310 e. The summed E-state index contributed by atoms with van der Waals surface area (Å²) in [4.78, 5) is 14.4. The average molecular weight is 266 g/mol. The standard InChI is InChI=1S/C15H26N2O2/c1-10-5-14(6-10)17-8-11(15(18)19-2)7-13(9-17)16-12-3-4-12/h10-14,16H,3-9H2,1-2H3. The third-order valence-corrected chi connectivity index (χ3v) is 4.93. The van der Waals surface area contributed by atoms with Gasteiger partial charge in [0.1, 0.15) is 0 Å². The molecule has 0 aromatic carbocycles. The van der Waals surface area contributed by atoms with Crippen LogP contribution in [-0.4, -0.2) is 49.2 Å². The van der Waals surface area contributed by atoms with Crippen molar-refractivity contribution < 1.29 is 9.53 Å². The molecule has 0 spiro atoms.